The topological polar surface area (TPSA) is 12.0 Å². The molecule has 0 aromatic rings. The average molecular weight is 235 g/mol. The predicted octanol–water partition coefficient (Wildman–Crippen LogP) is 4.15. The number of nitrogens with one attached hydrogen (secondary N) is 1. The molecule has 0 spiro atoms. The van der Waals surface area contributed by atoms with Crippen LogP contribution in [0.25, 0.3) is 0 Å². The molecule has 1 fully saturated rings. The molecule has 0 bridgehead atoms. The zero-order valence-electron chi connectivity index (χ0n) is 11.9. The van der Waals surface area contributed by atoms with Crippen molar-refractivity contribution in [3.05, 3.63) is 11.6 Å². The Kier molecular flexibility index (Phi) is 4.30. The molecular formula is C16H29N. The molecule has 0 aliphatic heterocycles. The second kappa shape index (κ2) is 5.56. The highest BCUT2D eigenvalue weighted by Gasteiger charge is 2.46. The minimum atomic E-state index is 0.547. The molecule has 0 radical (unpaired) electrons. The molecule has 1 N–H and O–H groups in total. The average Bonchev–Trinajstić information content (AvgIpc) is 2.28. The Balaban J connectivity index is 2.02. The van der Waals surface area contributed by atoms with E-state index in [2.05, 4.69) is 32.2 Å². The van der Waals surface area contributed by atoms with Crippen LogP contribution in [0.2, 0.25) is 0 Å². The van der Waals surface area contributed by atoms with Crippen molar-refractivity contribution in [3.8, 4) is 0 Å². The Morgan fingerprint density at radius 3 is 2.65 bits per heavy atom. The van der Waals surface area contributed by atoms with Gasteiger partial charge in [0.2, 0.25) is 0 Å². The Hall–Kier alpha value is -0.300. The molecule has 0 amide bonds. The van der Waals surface area contributed by atoms with Crippen LogP contribution in [0.4, 0.5) is 0 Å². The number of hydrogen-bond acceptors (Lipinski definition) is 1. The first kappa shape index (κ1) is 13.1. The van der Waals surface area contributed by atoms with Crippen molar-refractivity contribution < 1.29 is 0 Å². The molecule has 0 atom stereocenters. The zero-order chi connectivity index (χ0) is 12.3. The normalized spacial score (nSPS) is 33.4. The molecule has 98 valence electrons. The quantitative estimate of drug-likeness (QED) is 0.706. The third-order valence-electron chi connectivity index (χ3n) is 4.93. The lowest BCUT2D eigenvalue weighted by Crippen LogP contribution is -2.48. The fraction of sp³-hybridized carbons (Fsp3) is 0.875. The Bertz CT molecular complexity index is 271. The molecule has 17 heavy (non-hydrogen) atoms. The maximum atomic E-state index is 3.61. The fourth-order valence-electron chi connectivity index (χ4n) is 3.62. The second-order valence-electron chi connectivity index (χ2n) is 6.45. The summed E-state index contributed by atoms with van der Waals surface area (Å²) in [6.45, 7) is 9.33. The van der Waals surface area contributed by atoms with E-state index in [0.29, 0.717) is 5.41 Å². The van der Waals surface area contributed by atoms with Crippen LogP contribution in [0, 0.1) is 17.3 Å². The van der Waals surface area contributed by atoms with Crippen LogP contribution in [0.15, 0.2) is 11.6 Å². The van der Waals surface area contributed by atoms with E-state index in [9.17, 15) is 0 Å². The highest BCUT2D eigenvalue weighted by molar-refractivity contribution is 5.22. The van der Waals surface area contributed by atoms with Gasteiger partial charge in [-0.25, -0.2) is 0 Å². The monoisotopic (exact) mass is 235 g/mol. The van der Waals surface area contributed by atoms with Crippen LogP contribution in [-0.4, -0.2) is 13.1 Å². The first-order chi connectivity index (χ1) is 8.18. The van der Waals surface area contributed by atoms with Gasteiger partial charge in [0.15, 0.2) is 0 Å². The van der Waals surface area contributed by atoms with Crippen molar-refractivity contribution in [3.63, 3.8) is 0 Å². The van der Waals surface area contributed by atoms with E-state index in [1.807, 2.05) is 0 Å². The Labute approximate surface area is 107 Å². The summed E-state index contributed by atoms with van der Waals surface area (Å²) in [6, 6.07) is 0. The molecular weight excluding hydrogens is 206 g/mol. The van der Waals surface area contributed by atoms with Gasteiger partial charge < -0.3 is 5.32 Å². The summed E-state index contributed by atoms with van der Waals surface area (Å²) in [5.74, 6) is 1.84. The maximum Gasteiger partial charge on any atom is 0.00453 e. The van der Waals surface area contributed by atoms with E-state index >= 15 is 0 Å². The third kappa shape index (κ3) is 2.76. The molecule has 0 heterocycles. The van der Waals surface area contributed by atoms with Crippen molar-refractivity contribution in [1.82, 2.24) is 5.32 Å². The predicted molar refractivity (Wildman–Crippen MR) is 75.1 cm³/mol. The Morgan fingerprint density at radius 1 is 1.35 bits per heavy atom. The lowest BCUT2D eigenvalue weighted by Gasteiger charge is -2.52. The third-order valence-corrected chi connectivity index (χ3v) is 4.93. The van der Waals surface area contributed by atoms with Crippen molar-refractivity contribution in [1.29, 1.82) is 0 Å². The first-order valence-corrected chi connectivity index (χ1v) is 7.58. The fourth-order valence-corrected chi connectivity index (χ4v) is 3.62. The minimum absolute atomic E-state index is 0.547. The van der Waals surface area contributed by atoms with Crippen LogP contribution in [0.3, 0.4) is 0 Å². The number of hydrogen-bond donors (Lipinski definition) is 1. The van der Waals surface area contributed by atoms with Crippen LogP contribution >= 0.6 is 0 Å². The maximum absolute atomic E-state index is 3.61. The molecule has 0 aromatic carbocycles. The molecule has 2 aliphatic rings. The molecule has 2 aliphatic carbocycles. The van der Waals surface area contributed by atoms with Gasteiger partial charge in [-0.3, -0.25) is 0 Å². The van der Waals surface area contributed by atoms with Crippen LogP contribution in [0.1, 0.15) is 59.3 Å². The van der Waals surface area contributed by atoms with Crippen molar-refractivity contribution in [2.75, 3.05) is 13.1 Å². The summed E-state index contributed by atoms with van der Waals surface area (Å²) in [6.07, 6.45) is 11.0. The van der Waals surface area contributed by atoms with Crippen LogP contribution < -0.4 is 5.32 Å². The molecule has 0 unspecified atom stereocenters. The lowest BCUT2D eigenvalue weighted by atomic mass is 9.54. The van der Waals surface area contributed by atoms with Gasteiger partial charge in [-0.05, 0) is 56.9 Å². The summed E-state index contributed by atoms with van der Waals surface area (Å²) in [4.78, 5) is 0. The Morgan fingerprint density at radius 2 is 2.12 bits per heavy atom. The van der Waals surface area contributed by atoms with Crippen LogP contribution in [0.5, 0.6) is 0 Å². The highest BCUT2D eigenvalue weighted by atomic mass is 14.9. The largest absolute Gasteiger partial charge is 0.316 e. The first-order valence-electron chi connectivity index (χ1n) is 7.58. The molecule has 2 rings (SSSR count). The van der Waals surface area contributed by atoms with E-state index in [1.165, 1.54) is 45.1 Å². The van der Waals surface area contributed by atoms with Crippen molar-refractivity contribution >= 4 is 0 Å². The lowest BCUT2D eigenvalue weighted by molar-refractivity contribution is 0.0555. The highest BCUT2D eigenvalue weighted by Crippen LogP contribution is 2.54. The smallest absolute Gasteiger partial charge is 0.00453 e. The van der Waals surface area contributed by atoms with E-state index in [-0.39, 0.29) is 0 Å². The summed E-state index contributed by atoms with van der Waals surface area (Å²) >= 11 is 0. The summed E-state index contributed by atoms with van der Waals surface area (Å²) < 4.78 is 0. The molecule has 0 aromatic heterocycles. The molecule has 1 saturated carbocycles. The van der Waals surface area contributed by atoms with Gasteiger partial charge in [0, 0.05) is 12.0 Å². The van der Waals surface area contributed by atoms with Gasteiger partial charge in [-0.2, -0.15) is 0 Å². The summed E-state index contributed by atoms with van der Waals surface area (Å²) in [5, 5.41) is 3.61. The van der Waals surface area contributed by atoms with Gasteiger partial charge in [-0.1, -0.05) is 32.4 Å². The van der Waals surface area contributed by atoms with Gasteiger partial charge >= 0.3 is 0 Å². The van der Waals surface area contributed by atoms with Crippen molar-refractivity contribution in [2.24, 2.45) is 17.3 Å². The molecule has 1 heteroatoms. The SMILES string of the molecule is CCNCC1(C2=CCCCC2)CC(C(C)C)C1. The van der Waals surface area contributed by atoms with E-state index in [4.69, 9.17) is 0 Å². The summed E-state index contributed by atoms with van der Waals surface area (Å²) in [5.41, 5.74) is 2.34. The summed E-state index contributed by atoms with van der Waals surface area (Å²) in [7, 11) is 0. The second-order valence-corrected chi connectivity index (χ2v) is 6.45. The van der Waals surface area contributed by atoms with Crippen molar-refractivity contribution in [2.45, 2.75) is 59.3 Å². The van der Waals surface area contributed by atoms with E-state index < -0.39 is 0 Å². The van der Waals surface area contributed by atoms with E-state index in [1.54, 1.807) is 5.57 Å². The standard InChI is InChI=1S/C16H29N/c1-4-17-12-16(10-14(11-16)13(2)3)15-8-6-5-7-9-15/h8,13-14,17H,4-7,9-12H2,1-3H3. The number of rotatable bonds is 5. The van der Waals surface area contributed by atoms with Gasteiger partial charge in [0.25, 0.3) is 0 Å². The molecule has 1 nitrogen and oxygen atoms in total. The van der Waals surface area contributed by atoms with E-state index in [0.717, 1.165) is 18.4 Å². The van der Waals surface area contributed by atoms with Gasteiger partial charge in [-0.15, -0.1) is 0 Å². The minimum Gasteiger partial charge on any atom is -0.316 e. The zero-order valence-corrected chi connectivity index (χ0v) is 11.9. The van der Waals surface area contributed by atoms with Gasteiger partial charge in [0.05, 0.1) is 0 Å². The van der Waals surface area contributed by atoms with Gasteiger partial charge in [0.1, 0.15) is 0 Å². The van der Waals surface area contributed by atoms with Crippen LogP contribution in [-0.2, 0) is 0 Å². The molecule has 0 saturated heterocycles. The number of allylic oxidation sites excluding steroid dienone is 1.